The summed E-state index contributed by atoms with van der Waals surface area (Å²) in [6.07, 6.45) is 0. The fourth-order valence-electron chi connectivity index (χ4n) is 0.835. The van der Waals surface area contributed by atoms with Crippen LogP contribution in [-0.2, 0) is 4.84 Å². The molecule has 1 aromatic rings. The molecule has 0 radical (unpaired) electrons. The molecule has 1 aromatic carbocycles. The highest BCUT2D eigenvalue weighted by Gasteiger charge is 1.99. The molecular formula is C9H11FN2O. The van der Waals surface area contributed by atoms with Gasteiger partial charge >= 0.3 is 0 Å². The van der Waals surface area contributed by atoms with Crippen molar-refractivity contribution < 1.29 is 9.23 Å². The fraction of sp³-hybridized carbons (Fsp3) is 0.222. The van der Waals surface area contributed by atoms with Crippen LogP contribution >= 0.6 is 0 Å². The van der Waals surface area contributed by atoms with Crippen molar-refractivity contribution in [1.29, 1.82) is 0 Å². The van der Waals surface area contributed by atoms with E-state index in [-0.39, 0.29) is 11.7 Å². The molecule has 0 saturated heterocycles. The summed E-state index contributed by atoms with van der Waals surface area (Å²) in [7, 11) is 0. The molecule has 0 saturated carbocycles. The second-order valence-electron chi connectivity index (χ2n) is 2.40. The Bertz CT molecular complexity index is 312. The summed E-state index contributed by atoms with van der Waals surface area (Å²) in [4.78, 5) is 4.73. The van der Waals surface area contributed by atoms with Gasteiger partial charge in [-0.25, -0.2) is 4.39 Å². The van der Waals surface area contributed by atoms with Crippen molar-refractivity contribution in [3.05, 3.63) is 35.6 Å². The number of benzene rings is 1. The summed E-state index contributed by atoms with van der Waals surface area (Å²) in [5.41, 5.74) is 6.03. The number of hydrogen-bond donors (Lipinski definition) is 1. The van der Waals surface area contributed by atoms with E-state index in [1.807, 2.05) is 0 Å². The quantitative estimate of drug-likeness (QED) is 0.437. The maximum absolute atomic E-state index is 12.7. The minimum atomic E-state index is -0.341. The molecule has 0 unspecified atom stereocenters. The smallest absolute Gasteiger partial charge is 0.170 e. The largest absolute Gasteiger partial charge is 0.394 e. The molecule has 0 fully saturated rings. The minimum Gasteiger partial charge on any atom is -0.394 e. The van der Waals surface area contributed by atoms with Crippen molar-refractivity contribution in [3.63, 3.8) is 0 Å². The van der Waals surface area contributed by atoms with Gasteiger partial charge in [-0.1, -0.05) is 17.3 Å². The molecule has 0 aromatic heterocycles. The Labute approximate surface area is 76.0 Å². The number of halogens is 1. The number of nitrogens with two attached hydrogens (primary N) is 1. The van der Waals surface area contributed by atoms with E-state index in [4.69, 9.17) is 10.6 Å². The first-order valence-electron chi connectivity index (χ1n) is 3.95. The van der Waals surface area contributed by atoms with E-state index in [1.165, 1.54) is 12.1 Å². The van der Waals surface area contributed by atoms with Crippen LogP contribution in [0.5, 0.6) is 0 Å². The van der Waals surface area contributed by atoms with Crippen LogP contribution in [0.3, 0.4) is 0 Å². The lowest BCUT2D eigenvalue weighted by molar-refractivity contribution is 0.158. The molecule has 0 spiro atoms. The monoisotopic (exact) mass is 182 g/mol. The van der Waals surface area contributed by atoms with Crippen molar-refractivity contribution >= 4 is 5.84 Å². The summed E-state index contributed by atoms with van der Waals surface area (Å²) >= 11 is 0. The molecule has 0 aliphatic carbocycles. The van der Waals surface area contributed by atoms with Gasteiger partial charge < -0.3 is 10.6 Å². The zero-order chi connectivity index (χ0) is 9.68. The van der Waals surface area contributed by atoms with Gasteiger partial charge in [0.05, 0.1) is 0 Å². The Morgan fingerprint density at radius 3 is 3.00 bits per heavy atom. The second-order valence-corrected chi connectivity index (χ2v) is 2.40. The molecule has 70 valence electrons. The second kappa shape index (κ2) is 4.45. The predicted octanol–water partition coefficient (Wildman–Crippen LogP) is 1.48. The fourth-order valence-corrected chi connectivity index (χ4v) is 0.835. The van der Waals surface area contributed by atoms with Crippen LogP contribution in [0, 0.1) is 5.82 Å². The van der Waals surface area contributed by atoms with Gasteiger partial charge in [0.25, 0.3) is 0 Å². The molecule has 0 aliphatic heterocycles. The van der Waals surface area contributed by atoms with Gasteiger partial charge in [0.15, 0.2) is 5.84 Å². The number of hydrogen-bond acceptors (Lipinski definition) is 2. The predicted molar refractivity (Wildman–Crippen MR) is 48.8 cm³/mol. The van der Waals surface area contributed by atoms with E-state index >= 15 is 0 Å². The Balaban J connectivity index is 2.82. The summed E-state index contributed by atoms with van der Waals surface area (Å²) in [6.45, 7) is 2.23. The van der Waals surface area contributed by atoms with Crippen LogP contribution in [0.15, 0.2) is 29.4 Å². The van der Waals surface area contributed by atoms with E-state index in [0.717, 1.165) is 0 Å². The maximum Gasteiger partial charge on any atom is 0.170 e. The van der Waals surface area contributed by atoms with Gasteiger partial charge in [0.1, 0.15) is 12.4 Å². The van der Waals surface area contributed by atoms with Gasteiger partial charge in [-0.3, -0.25) is 0 Å². The Morgan fingerprint density at radius 2 is 2.38 bits per heavy atom. The zero-order valence-corrected chi connectivity index (χ0v) is 7.33. The first kappa shape index (κ1) is 9.51. The molecule has 0 bridgehead atoms. The van der Waals surface area contributed by atoms with E-state index in [0.29, 0.717) is 12.2 Å². The molecule has 3 nitrogen and oxygen atoms in total. The zero-order valence-electron chi connectivity index (χ0n) is 7.33. The van der Waals surface area contributed by atoms with E-state index in [2.05, 4.69) is 5.16 Å². The van der Waals surface area contributed by atoms with E-state index in [1.54, 1.807) is 19.1 Å². The first-order chi connectivity index (χ1) is 6.24. The SMILES string of the molecule is CCO/N=C(\N)c1cccc(F)c1. The van der Waals surface area contributed by atoms with Gasteiger partial charge in [0, 0.05) is 5.56 Å². The molecule has 0 amide bonds. The standard InChI is InChI=1S/C9H11FN2O/c1-2-13-12-9(11)7-4-3-5-8(10)6-7/h3-6H,2H2,1H3,(H2,11,12). The van der Waals surface area contributed by atoms with Crippen molar-refractivity contribution in [3.8, 4) is 0 Å². The molecule has 4 heteroatoms. The summed E-state index contributed by atoms with van der Waals surface area (Å²) < 4.78 is 12.7. The highest BCUT2D eigenvalue weighted by molar-refractivity contribution is 5.96. The Morgan fingerprint density at radius 1 is 1.62 bits per heavy atom. The number of rotatable bonds is 3. The van der Waals surface area contributed by atoms with Crippen molar-refractivity contribution in [2.24, 2.45) is 10.9 Å². The van der Waals surface area contributed by atoms with Crippen molar-refractivity contribution in [2.45, 2.75) is 6.92 Å². The van der Waals surface area contributed by atoms with Crippen molar-refractivity contribution in [2.75, 3.05) is 6.61 Å². The summed E-state index contributed by atoms with van der Waals surface area (Å²) in [5.74, 6) is -0.159. The molecule has 0 heterocycles. The van der Waals surface area contributed by atoms with Crippen LogP contribution in [-0.4, -0.2) is 12.4 Å². The molecule has 0 aliphatic rings. The van der Waals surface area contributed by atoms with Crippen LogP contribution in [0.1, 0.15) is 12.5 Å². The first-order valence-corrected chi connectivity index (χ1v) is 3.95. The lowest BCUT2D eigenvalue weighted by Crippen LogP contribution is -2.13. The Kier molecular flexibility index (Phi) is 3.25. The highest BCUT2D eigenvalue weighted by Crippen LogP contribution is 2.02. The average molecular weight is 182 g/mol. The number of nitrogens with zero attached hydrogens (tertiary/aromatic N) is 1. The van der Waals surface area contributed by atoms with Gasteiger partial charge in [-0.15, -0.1) is 0 Å². The third kappa shape index (κ3) is 2.74. The minimum absolute atomic E-state index is 0.182. The van der Waals surface area contributed by atoms with Gasteiger partial charge in [0.2, 0.25) is 0 Å². The maximum atomic E-state index is 12.7. The van der Waals surface area contributed by atoms with Crippen LogP contribution < -0.4 is 5.73 Å². The Hall–Kier alpha value is -1.58. The lowest BCUT2D eigenvalue weighted by Gasteiger charge is -1.99. The highest BCUT2D eigenvalue weighted by atomic mass is 19.1. The third-order valence-electron chi connectivity index (χ3n) is 1.41. The van der Waals surface area contributed by atoms with E-state index in [9.17, 15) is 4.39 Å². The van der Waals surface area contributed by atoms with Crippen LogP contribution in [0.2, 0.25) is 0 Å². The molecule has 2 N–H and O–H groups in total. The van der Waals surface area contributed by atoms with Gasteiger partial charge in [-0.2, -0.15) is 0 Å². The molecule has 13 heavy (non-hydrogen) atoms. The topological polar surface area (TPSA) is 47.6 Å². The van der Waals surface area contributed by atoms with Crippen molar-refractivity contribution in [1.82, 2.24) is 0 Å². The average Bonchev–Trinajstić information content (AvgIpc) is 2.14. The molecule has 1 rings (SSSR count). The normalized spacial score (nSPS) is 11.4. The summed E-state index contributed by atoms with van der Waals surface area (Å²) in [5, 5.41) is 3.58. The third-order valence-corrected chi connectivity index (χ3v) is 1.41. The summed E-state index contributed by atoms with van der Waals surface area (Å²) in [6, 6.07) is 5.88. The molecular weight excluding hydrogens is 171 g/mol. The number of oxime groups is 1. The van der Waals surface area contributed by atoms with Crippen LogP contribution in [0.25, 0.3) is 0 Å². The molecule has 0 atom stereocenters. The number of amidine groups is 1. The van der Waals surface area contributed by atoms with Gasteiger partial charge in [-0.05, 0) is 19.1 Å². The van der Waals surface area contributed by atoms with Crippen LogP contribution in [0.4, 0.5) is 4.39 Å². The van der Waals surface area contributed by atoms with E-state index < -0.39 is 0 Å². The lowest BCUT2D eigenvalue weighted by atomic mass is 10.2.